The second-order valence-electron chi connectivity index (χ2n) is 3.45. The lowest BCUT2D eigenvalue weighted by atomic mass is 10.1. The fourth-order valence-electron chi connectivity index (χ4n) is 2.44. The van der Waals surface area contributed by atoms with Gasteiger partial charge in [-0.15, -0.1) is 0 Å². The monoisotopic (exact) mass is 139 g/mol. The molecule has 0 radical (unpaired) electrons. The molecule has 2 N–H and O–H groups in total. The Bertz CT molecular complexity index is 157. The third-order valence-electron chi connectivity index (χ3n) is 2.98. The van der Waals surface area contributed by atoms with E-state index < -0.39 is 0 Å². The summed E-state index contributed by atoms with van der Waals surface area (Å²) in [4.78, 5) is 11.1. The van der Waals surface area contributed by atoms with Crippen LogP contribution in [0.1, 0.15) is 19.3 Å². The van der Waals surface area contributed by atoms with Gasteiger partial charge in [-0.25, -0.2) is 0 Å². The van der Waals surface area contributed by atoms with E-state index in [0.29, 0.717) is 11.7 Å². The zero-order valence-electron chi connectivity index (χ0n) is 6.05. The van der Waals surface area contributed by atoms with E-state index in [9.17, 15) is 4.79 Å². The summed E-state index contributed by atoms with van der Waals surface area (Å²) >= 11 is 0. The molecule has 0 spiro atoms. The van der Waals surface area contributed by atoms with Gasteiger partial charge in [-0.05, 0) is 24.7 Å². The van der Waals surface area contributed by atoms with Crippen molar-refractivity contribution in [3.63, 3.8) is 0 Å². The molecule has 0 saturated heterocycles. The largest absolute Gasteiger partial charge is 0.324 e. The number of hydrogen-bond donors (Lipinski definition) is 1. The predicted molar refractivity (Wildman–Crippen MR) is 38.4 cm³/mol. The fourth-order valence-corrected chi connectivity index (χ4v) is 2.44. The van der Waals surface area contributed by atoms with Crippen molar-refractivity contribution in [3.8, 4) is 0 Å². The van der Waals surface area contributed by atoms with Crippen LogP contribution in [0.25, 0.3) is 0 Å². The average Bonchev–Trinajstić information content (AvgIpc) is 2.43. The summed E-state index contributed by atoms with van der Waals surface area (Å²) in [6, 6.07) is 0. The SMILES string of the molecule is NCC(=O)C1C2CCCC21. The molecule has 0 bridgehead atoms. The Hall–Kier alpha value is -0.370. The molecule has 2 nitrogen and oxygen atoms in total. The van der Waals surface area contributed by atoms with Crippen LogP contribution in [0.5, 0.6) is 0 Å². The van der Waals surface area contributed by atoms with Gasteiger partial charge in [0.2, 0.25) is 0 Å². The lowest BCUT2D eigenvalue weighted by Gasteiger charge is -1.97. The zero-order chi connectivity index (χ0) is 7.14. The first-order valence-electron chi connectivity index (χ1n) is 4.07. The van der Waals surface area contributed by atoms with E-state index in [-0.39, 0.29) is 6.54 Å². The minimum absolute atomic E-state index is 0.262. The van der Waals surface area contributed by atoms with Gasteiger partial charge >= 0.3 is 0 Å². The van der Waals surface area contributed by atoms with Gasteiger partial charge in [-0.1, -0.05) is 6.42 Å². The first-order chi connectivity index (χ1) is 4.84. The van der Waals surface area contributed by atoms with Crippen LogP contribution in [0.2, 0.25) is 0 Å². The number of fused-ring (bicyclic) bond motifs is 1. The van der Waals surface area contributed by atoms with Crippen LogP contribution in [-0.2, 0) is 4.79 Å². The third kappa shape index (κ3) is 0.717. The Balaban J connectivity index is 1.94. The summed E-state index contributed by atoms with van der Waals surface area (Å²) in [5.74, 6) is 2.18. The van der Waals surface area contributed by atoms with Crippen molar-refractivity contribution in [1.29, 1.82) is 0 Å². The van der Waals surface area contributed by atoms with Crippen LogP contribution in [0.3, 0.4) is 0 Å². The quantitative estimate of drug-likeness (QED) is 0.607. The number of carbonyl (C=O) groups excluding carboxylic acids is 1. The van der Waals surface area contributed by atoms with E-state index in [1.807, 2.05) is 0 Å². The highest BCUT2D eigenvalue weighted by atomic mass is 16.1. The van der Waals surface area contributed by atoms with E-state index in [1.54, 1.807) is 0 Å². The standard InChI is InChI=1S/C8H13NO/c9-4-7(10)8-5-2-1-3-6(5)8/h5-6,8H,1-4,9H2. The second-order valence-corrected chi connectivity index (χ2v) is 3.45. The molecule has 2 atom stereocenters. The smallest absolute Gasteiger partial charge is 0.150 e. The molecule has 0 aromatic heterocycles. The molecular weight excluding hydrogens is 126 g/mol. The minimum atomic E-state index is 0.262. The maximum absolute atomic E-state index is 11.1. The normalized spacial score (nSPS) is 43.1. The molecule has 2 aliphatic carbocycles. The van der Waals surface area contributed by atoms with Gasteiger partial charge in [0.1, 0.15) is 5.78 Å². The van der Waals surface area contributed by atoms with Crippen molar-refractivity contribution < 1.29 is 4.79 Å². The highest BCUT2D eigenvalue weighted by Gasteiger charge is 2.55. The molecule has 0 aliphatic heterocycles. The van der Waals surface area contributed by atoms with E-state index in [2.05, 4.69) is 0 Å². The van der Waals surface area contributed by atoms with Crippen LogP contribution in [0.4, 0.5) is 0 Å². The Morgan fingerprint density at radius 1 is 1.40 bits per heavy atom. The van der Waals surface area contributed by atoms with E-state index in [1.165, 1.54) is 19.3 Å². The molecule has 10 heavy (non-hydrogen) atoms. The minimum Gasteiger partial charge on any atom is -0.324 e. The molecule has 0 amide bonds. The molecule has 2 saturated carbocycles. The lowest BCUT2D eigenvalue weighted by Crippen LogP contribution is -2.17. The molecule has 2 aliphatic rings. The Kier molecular flexibility index (Phi) is 1.31. The van der Waals surface area contributed by atoms with Crippen molar-refractivity contribution >= 4 is 5.78 Å². The van der Waals surface area contributed by atoms with Gasteiger partial charge in [-0.3, -0.25) is 4.79 Å². The number of nitrogens with two attached hydrogens (primary N) is 1. The zero-order valence-corrected chi connectivity index (χ0v) is 6.05. The van der Waals surface area contributed by atoms with Gasteiger partial charge < -0.3 is 5.73 Å². The van der Waals surface area contributed by atoms with Gasteiger partial charge in [0.15, 0.2) is 0 Å². The fraction of sp³-hybridized carbons (Fsp3) is 0.875. The predicted octanol–water partition coefficient (Wildman–Crippen LogP) is 0.560. The molecule has 2 heteroatoms. The maximum Gasteiger partial charge on any atom is 0.150 e. The van der Waals surface area contributed by atoms with Crippen molar-refractivity contribution in [3.05, 3.63) is 0 Å². The highest BCUT2D eigenvalue weighted by Crippen LogP contribution is 2.57. The first-order valence-corrected chi connectivity index (χ1v) is 4.07. The second kappa shape index (κ2) is 2.06. The van der Waals surface area contributed by atoms with E-state index in [0.717, 1.165) is 11.8 Å². The number of carbonyl (C=O) groups is 1. The van der Waals surface area contributed by atoms with Crippen LogP contribution in [-0.4, -0.2) is 12.3 Å². The average molecular weight is 139 g/mol. The van der Waals surface area contributed by atoms with Gasteiger partial charge in [0.25, 0.3) is 0 Å². The highest BCUT2D eigenvalue weighted by molar-refractivity contribution is 5.86. The number of rotatable bonds is 2. The number of ketones is 1. The molecule has 0 aromatic carbocycles. The van der Waals surface area contributed by atoms with Crippen LogP contribution in [0, 0.1) is 17.8 Å². The summed E-state index contributed by atoms with van der Waals surface area (Å²) < 4.78 is 0. The molecule has 0 aromatic rings. The van der Waals surface area contributed by atoms with Crippen molar-refractivity contribution in [1.82, 2.24) is 0 Å². The lowest BCUT2D eigenvalue weighted by molar-refractivity contribution is -0.119. The molecular formula is C8H13NO. The van der Waals surface area contributed by atoms with Crippen LogP contribution >= 0.6 is 0 Å². The summed E-state index contributed by atoms with van der Waals surface area (Å²) in [7, 11) is 0. The molecule has 2 rings (SSSR count). The molecule has 56 valence electrons. The third-order valence-corrected chi connectivity index (χ3v) is 2.98. The topological polar surface area (TPSA) is 43.1 Å². The summed E-state index contributed by atoms with van der Waals surface area (Å²) in [5.41, 5.74) is 5.27. The summed E-state index contributed by atoms with van der Waals surface area (Å²) in [6.07, 6.45) is 3.89. The van der Waals surface area contributed by atoms with E-state index >= 15 is 0 Å². The first kappa shape index (κ1) is 6.35. The number of Topliss-reactive ketones (excluding diaryl/α,β-unsaturated/α-hetero) is 1. The van der Waals surface area contributed by atoms with Crippen molar-refractivity contribution in [2.75, 3.05) is 6.54 Å². The van der Waals surface area contributed by atoms with E-state index in [4.69, 9.17) is 5.73 Å². The van der Waals surface area contributed by atoms with Gasteiger partial charge in [0.05, 0.1) is 6.54 Å². The summed E-state index contributed by atoms with van der Waals surface area (Å²) in [5, 5.41) is 0. The summed E-state index contributed by atoms with van der Waals surface area (Å²) in [6.45, 7) is 0.262. The van der Waals surface area contributed by atoms with Crippen LogP contribution < -0.4 is 5.73 Å². The number of hydrogen-bond acceptors (Lipinski definition) is 2. The Morgan fingerprint density at radius 3 is 2.50 bits per heavy atom. The Morgan fingerprint density at radius 2 is 2.00 bits per heavy atom. The van der Waals surface area contributed by atoms with Crippen molar-refractivity contribution in [2.45, 2.75) is 19.3 Å². The molecule has 2 unspecified atom stereocenters. The van der Waals surface area contributed by atoms with Crippen molar-refractivity contribution in [2.24, 2.45) is 23.5 Å². The van der Waals surface area contributed by atoms with Gasteiger partial charge in [-0.2, -0.15) is 0 Å². The Labute approximate surface area is 60.8 Å². The molecule has 0 heterocycles. The van der Waals surface area contributed by atoms with Gasteiger partial charge in [0, 0.05) is 5.92 Å². The maximum atomic E-state index is 11.1. The molecule has 2 fully saturated rings. The van der Waals surface area contributed by atoms with Crippen LogP contribution in [0.15, 0.2) is 0 Å².